The number of aromatic nitrogens is 2. The van der Waals surface area contributed by atoms with Gasteiger partial charge in [-0.25, -0.2) is 4.98 Å². The van der Waals surface area contributed by atoms with Crippen LogP contribution in [0.25, 0.3) is 10.2 Å². The molecule has 0 bridgehead atoms. The molecular formula is C22H19N3O3S. The highest BCUT2D eigenvalue weighted by molar-refractivity contribution is 7.16. The van der Waals surface area contributed by atoms with E-state index in [1.165, 1.54) is 22.2 Å². The molecule has 1 atom stereocenters. The van der Waals surface area contributed by atoms with E-state index >= 15 is 0 Å². The normalized spacial score (nSPS) is 11.9. The Bertz CT molecular complexity index is 1180. The third-order valence-corrected chi connectivity index (χ3v) is 5.47. The summed E-state index contributed by atoms with van der Waals surface area (Å²) in [6, 6.07) is 18.6. The molecule has 4 rings (SSSR count). The van der Waals surface area contributed by atoms with E-state index in [0.717, 1.165) is 16.9 Å². The molecule has 29 heavy (non-hydrogen) atoms. The minimum atomic E-state index is -0.344. The number of rotatable bonds is 6. The Labute approximate surface area is 171 Å². The first-order chi connectivity index (χ1) is 14.2. The van der Waals surface area contributed by atoms with Crippen molar-refractivity contribution in [3.05, 3.63) is 93.9 Å². The minimum absolute atomic E-state index is 0.100. The number of benzene rings is 2. The minimum Gasteiger partial charge on any atom is -0.497 e. The van der Waals surface area contributed by atoms with Crippen LogP contribution in [-0.2, 0) is 11.3 Å². The molecular weight excluding hydrogens is 386 g/mol. The number of hydrogen-bond donors (Lipinski definition) is 1. The summed E-state index contributed by atoms with van der Waals surface area (Å²) in [5.41, 5.74) is 1.65. The second kappa shape index (κ2) is 8.28. The first-order valence-corrected chi connectivity index (χ1v) is 9.94. The predicted octanol–water partition coefficient (Wildman–Crippen LogP) is 3.37. The molecule has 146 valence electrons. The van der Waals surface area contributed by atoms with Gasteiger partial charge in [-0.05, 0) is 34.7 Å². The van der Waals surface area contributed by atoms with E-state index < -0.39 is 0 Å². The smallest absolute Gasteiger partial charge is 0.262 e. The highest BCUT2D eigenvalue weighted by atomic mass is 32.1. The Balaban J connectivity index is 1.60. The van der Waals surface area contributed by atoms with E-state index in [4.69, 9.17) is 4.74 Å². The lowest BCUT2D eigenvalue weighted by Crippen LogP contribution is -2.35. The van der Waals surface area contributed by atoms with Crippen LogP contribution in [0.2, 0.25) is 0 Å². The van der Waals surface area contributed by atoms with E-state index in [9.17, 15) is 9.59 Å². The number of methoxy groups -OCH3 is 1. The summed E-state index contributed by atoms with van der Waals surface area (Å²) < 4.78 is 6.56. The van der Waals surface area contributed by atoms with Gasteiger partial charge in [-0.3, -0.25) is 14.2 Å². The van der Waals surface area contributed by atoms with Crippen LogP contribution in [0.5, 0.6) is 5.75 Å². The number of nitrogens with zero attached hydrogens (tertiary/aromatic N) is 2. The molecule has 1 N–H and O–H groups in total. The van der Waals surface area contributed by atoms with Gasteiger partial charge in [-0.1, -0.05) is 42.5 Å². The highest BCUT2D eigenvalue weighted by Crippen LogP contribution is 2.24. The van der Waals surface area contributed by atoms with Gasteiger partial charge in [-0.2, -0.15) is 0 Å². The second-order valence-corrected chi connectivity index (χ2v) is 7.40. The van der Waals surface area contributed by atoms with Gasteiger partial charge in [0, 0.05) is 0 Å². The van der Waals surface area contributed by atoms with Crippen LogP contribution >= 0.6 is 11.3 Å². The average Bonchev–Trinajstić information content (AvgIpc) is 3.24. The molecule has 0 spiro atoms. The molecule has 1 amide bonds. The van der Waals surface area contributed by atoms with Crippen LogP contribution in [0.15, 0.2) is 77.2 Å². The van der Waals surface area contributed by atoms with E-state index in [2.05, 4.69) is 10.3 Å². The van der Waals surface area contributed by atoms with Gasteiger partial charge in [0.15, 0.2) is 0 Å². The highest BCUT2D eigenvalue weighted by Gasteiger charge is 2.18. The molecule has 0 aliphatic carbocycles. The van der Waals surface area contributed by atoms with Crippen LogP contribution in [-0.4, -0.2) is 22.6 Å². The van der Waals surface area contributed by atoms with Gasteiger partial charge in [0.05, 0.1) is 24.9 Å². The molecule has 4 aromatic rings. The van der Waals surface area contributed by atoms with Crippen molar-refractivity contribution < 1.29 is 9.53 Å². The van der Waals surface area contributed by atoms with Gasteiger partial charge < -0.3 is 10.1 Å². The van der Waals surface area contributed by atoms with Crippen LogP contribution in [0.3, 0.4) is 0 Å². The molecule has 0 fully saturated rings. The van der Waals surface area contributed by atoms with Crippen molar-refractivity contribution in [1.82, 2.24) is 14.9 Å². The lowest BCUT2D eigenvalue weighted by molar-refractivity contribution is -0.122. The number of fused-ring (bicyclic) bond motifs is 1. The third kappa shape index (κ3) is 4.05. The summed E-state index contributed by atoms with van der Waals surface area (Å²) in [5.74, 6) is 0.474. The lowest BCUT2D eigenvalue weighted by atomic mass is 9.98. The summed E-state index contributed by atoms with van der Waals surface area (Å²) in [6.07, 6.45) is 1.42. The molecule has 7 heteroatoms. The number of thiophene rings is 1. The molecule has 0 aliphatic rings. The Morgan fingerprint density at radius 3 is 2.55 bits per heavy atom. The van der Waals surface area contributed by atoms with Crippen molar-refractivity contribution in [3.63, 3.8) is 0 Å². The third-order valence-electron chi connectivity index (χ3n) is 4.65. The first-order valence-electron chi connectivity index (χ1n) is 9.06. The van der Waals surface area contributed by atoms with Crippen LogP contribution in [0.1, 0.15) is 17.2 Å². The maximum atomic E-state index is 12.8. The fraction of sp³-hybridized carbons (Fsp3) is 0.136. The molecule has 0 saturated heterocycles. The van der Waals surface area contributed by atoms with E-state index in [1.54, 1.807) is 13.2 Å². The van der Waals surface area contributed by atoms with Gasteiger partial charge >= 0.3 is 0 Å². The zero-order chi connectivity index (χ0) is 20.2. The second-order valence-electron chi connectivity index (χ2n) is 6.50. The predicted molar refractivity (Wildman–Crippen MR) is 113 cm³/mol. The van der Waals surface area contributed by atoms with Crippen molar-refractivity contribution in [2.75, 3.05) is 7.11 Å². The van der Waals surface area contributed by atoms with Crippen molar-refractivity contribution >= 4 is 27.5 Å². The zero-order valence-electron chi connectivity index (χ0n) is 15.7. The monoisotopic (exact) mass is 405 g/mol. The number of ether oxygens (including phenoxy) is 1. The SMILES string of the molecule is COc1ccc([C@H](NC(=O)Cn2cnc3sccc3c2=O)c2ccccc2)cc1. The van der Waals surface area contributed by atoms with Gasteiger partial charge in [-0.15, -0.1) is 11.3 Å². The fourth-order valence-corrected chi connectivity index (χ4v) is 3.89. The van der Waals surface area contributed by atoms with Crippen molar-refractivity contribution in [1.29, 1.82) is 0 Å². The van der Waals surface area contributed by atoms with Crippen molar-refractivity contribution in [2.24, 2.45) is 0 Å². The lowest BCUT2D eigenvalue weighted by Gasteiger charge is -2.20. The summed E-state index contributed by atoms with van der Waals surface area (Å²) in [6.45, 7) is -0.100. The summed E-state index contributed by atoms with van der Waals surface area (Å²) in [4.78, 5) is 30.3. The molecule has 2 aromatic carbocycles. The van der Waals surface area contributed by atoms with Crippen molar-refractivity contribution in [3.8, 4) is 5.75 Å². The molecule has 0 saturated carbocycles. The summed E-state index contributed by atoms with van der Waals surface area (Å²) in [5, 5.41) is 5.39. The van der Waals surface area contributed by atoms with E-state index in [-0.39, 0.29) is 24.1 Å². The standard InChI is InChI=1S/C22H19N3O3S/c1-28-17-9-7-16(8-10-17)20(15-5-3-2-4-6-15)24-19(26)13-25-14-23-21-18(22(25)27)11-12-29-21/h2-12,14,20H,13H2,1H3,(H,24,26)/t20-/m1/s1. The zero-order valence-corrected chi connectivity index (χ0v) is 16.6. The number of carbonyl (C=O) groups excluding carboxylic acids is 1. The molecule has 0 aliphatic heterocycles. The first kappa shape index (κ1) is 18.9. The molecule has 0 radical (unpaired) electrons. The maximum absolute atomic E-state index is 12.8. The molecule has 2 heterocycles. The largest absolute Gasteiger partial charge is 0.497 e. The van der Waals surface area contributed by atoms with E-state index in [0.29, 0.717) is 10.2 Å². The quantitative estimate of drug-likeness (QED) is 0.534. The van der Waals surface area contributed by atoms with Crippen LogP contribution in [0, 0.1) is 0 Å². The topological polar surface area (TPSA) is 73.2 Å². The molecule has 0 unspecified atom stereocenters. The summed E-state index contributed by atoms with van der Waals surface area (Å²) in [7, 11) is 1.61. The maximum Gasteiger partial charge on any atom is 0.262 e. The van der Waals surface area contributed by atoms with E-state index in [1.807, 2.05) is 60.0 Å². The fourth-order valence-electron chi connectivity index (χ4n) is 3.17. The Kier molecular flexibility index (Phi) is 5.39. The Morgan fingerprint density at radius 2 is 1.83 bits per heavy atom. The van der Waals surface area contributed by atoms with Crippen LogP contribution in [0.4, 0.5) is 0 Å². The average molecular weight is 405 g/mol. The number of hydrogen-bond acceptors (Lipinski definition) is 5. The summed E-state index contributed by atoms with van der Waals surface area (Å²) >= 11 is 1.40. The Hall–Kier alpha value is -3.45. The van der Waals surface area contributed by atoms with Crippen LogP contribution < -0.4 is 15.6 Å². The Morgan fingerprint density at radius 1 is 1.10 bits per heavy atom. The number of carbonyl (C=O) groups is 1. The van der Waals surface area contributed by atoms with Gasteiger partial charge in [0.25, 0.3) is 5.56 Å². The number of nitrogens with one attached hydrogen (secondary N) is 1. The van der Waals surface area contributed by atoms with Gasteiger partial charge in [0.2, 0.25) is 5.91 Å². The number of amides is 1. The molecule has 2 aromatic heterocycles. The molecule has 6 nitrogen and oxygen atoms in total. The van der Waals surface area contributed by atoms with Crippen molar-refractivity contribution in [2.45, 2.75) is 12.6 Å². The van der Waals surface area contributed by atoms with Gasteiger partial charge in [0.1, 0.15) is 17.1 Å².